The molecule has 0 fully saturated rings. The van der Waals surface area contributed by atoms with E-state index >= 15 is 0 Å². The number of nitriles is 1. The van der Waals surface area contributed by atoms with Crippen LogP contribution in [0.2, 0.25) is 0 Å². The van der Waals surface area contributed by atoms with Crippen molar-refractivity contribution < 1.29 is 18.0 Å². The number of rotatable bonds is 7. The molecule has 5 aromatic rings. The average Bonchev–Trinajstić information content (AvgIpc) is 3.52. The molecule has 0 aliphatic rings. The number of methoxy groups -OCH3 is 1. The largest absolute Gasteiger partial charge is 0.495 e. The van der Waals surface area contributed by atoms with E-state index in [9.17, 15) is 9.65 Å². The van der Waals surface area contributed by atoms with E-state index in [1.54, 1.807) is 35.0 Å². The Labute approximate surface area is 202 Å². The molecular weight excluding hydrogens is 453 g/mol. The van der Waals surface area contributed by atoms with Gasteiger partial charge in [-0.15, -0.1) is 5.10 Å². The molecule has 11 nitrogen and oxygen atoms in total. The number of imidazole rings is 1. The monoisotopic (exact) mass is 474 g/mol. The van der Waals surface area contributed by atoms with Crippen LogP contribution in [0.1, 0.15) is 16.6 Å². The standard InChI is InChI=1S/C23H18FN9O2/c1-14(11-32-13-27-30-31-32)35-22-5-3-4-17(28-22)18-6-7-19-23(29-18)33(12-26-19)20-8-15(24)9-21(34-2)16(20)10-25/h3-9,12-14H,11H2,1-2H3/t14-/m0/s1/i2D3. The lowest BCUT2D eigenvalue weighted by Crippen LogP contribution is -2.20. The summed E-state index contributed by atoms with van der Waals surface area (Å²) in [6, 6.07) is 12.5. The molecule has 12 heteroatoms. The topological polar surface area (TPSA) is 129 Å². The summed E-state index contributed by atoms with van der Waals surface area (Å²) < 4.78 is 50.2. The van der Waals surface area contributed by atoms with E-state index in [0.717, 1.165) is 12.1 Å². The zero-order valence-electron chi connectivity index (χ0n) is 21.2. The first-order chi connectivity index (χ1) is 18.2. The van der Waals surface area contributed by atoms with Gasteiger partial charge in [-0.1, -0.05) is 6.07 Å². The molecule has 174 valence electrons. The van der Waals surface area contributed by atoms with Crippen LogP contribution in [0.5, 0.6) is 11.6 Å². The number of halogens is 1. The minimum Gasteiger partial charge on any atom is -0.495 e. The zero-order chi connectivity index (χ0) is 26.9. The Morgan fingerprint density at radius 3 is 2.86 bits per heavy atom. The Morgan fingerprint density at radius 1 is 1.17 bits per heavy atom. The Kier molecular flexibility index (Phi) is 4.83. The molecule has 0 amide bonds. The zero-order valence-corrected chi connectivity index (χ0v) is 18.2. The SMILES string of the molecule is [2H]C([2H])([2H])Oc1cc(F)cc(-n2cnc3ccc(-c4cccc(O[C@@H](C)Cn5cnnn5)n4)nc32)c1C#N. The molecule has 4 heterocycles. The highest BCUT2D eigenvalue weighted by molar-refractivity contribution is 5.77. The molecule has 4 aromatic heterocycles. The highest BCUT2D eigenvalue weighted by Gasteiger charge is 2.17. The molecule has 5 rings (SSSR count). The molecule has 35 heavy (non-hydrogen) atoms. The van der Waals surface area contributed by atoms with Crippen molar-refractivity contribution in [1.29, 1.82) is 5.26 Å². The number of fused-ring (bicyclic) bond motifs is 1. The molecule has 0 bridgehead atoms. The average molecular weight is 474 g/mol. The second-order valence-electron chi connectivity index (χ2n) is 7.49. The molecule has 1 aromatic carbocycles. The van der Waals surface area contributed by atoms with E-state index in [1.165, 1.54) is 17.2 Å². The number of hydrogen-bond donors (Lipinski definition) is 0. The quantitative estimate of drug-likeness (QED) is 0.349. The van der Waals surface area contributed by atoms with Crippen LogP contribution in [0.4, 0.5) is 4.39 Å². The summed E-state index contributed by atoms with van der Waals surface area (Å²) in [5, 5.41) is 20.8. The Balaban J connectivity index is 1.50. The van der Waals surface area contributed by atoms with E-state index in [1.807, 2.05) is 13.0 Å². The minimum absolute atomic E-state index is 0.0281. The van der Waals surface area contributed by atoms with Gasteiger partial charge < -0.3 is 9.47 Å². The maximum absolute atomic E-state index is 14.5. The third kappa shape index (κ3) is 4.34. The highest BCUT2D eigenvalue weighted by atomic mass is 19.1. The summed E-state index contributed by atoms with van der Waals surface area (Å²) in [6.07, 6.45) is 2.58. The van der Waals surface area contributed by atoms with Crippen LogP contribution in [0.25, 0.3) is 28.2 Å². The predicted octanol–water partition coefficient (Wildman–Crippen LogP) is 2.96. The van der Waals surface area contributed by atoms with Crippen molar-refractivity contribution in [2.45, 2.75) is 19.6 Å². The lowest BCUT2D eigenvalue weighted by atomic mass is 10.1. The van der Waals surface area contributed by atoms with Gasteiger partial charge in [-0.25, -0.2) is 24.0 Å². The maximum atomic E-state index is 14.5. The maximum Gasteiger partial charge on any atom is 0.214 e. The fourth-order valence-corrected chi connectivity index (χ4v) is 3.56. The van der Waals surface area contributed by atoms with Crippen LogP contribution < -0.4 is 9.47 Å². The van der Waals surface area contributed by atoms with Crippen LogP contribution >= 0.6 is 0 Å². The summed E-state index contributed by atoms with van der Waals surface area (Å²) in [5.41, 5.74) is 1.57. The van der Waals surface area contributed by atoms with Crippen molar-refractivity contribution in [2.24, 2.45) is 0 Å². The van der Waals surface area contributed by atoms with E-state index in [2.05, 4.69) is 30.5 Å². The number of aromatic nitrogens is 8. The summed E-state index contributed by atoms with van der Waals surface area (Å²) >= 11 is 0. The highest BCUT2D eigenvalue weighted by Crippen LogP contribution is 2.29. The molecular formula is C23H18FN9O2. The van der Waals surface area contributed by atoms with Gasteiger partial charge in [0.2, 0.25) is 5.88 Å². The van der Waals surface area contributed by atoms with Gasteiger partial charge in [0.05, 0.1) is 34.8 Å². The van der Waals surface area contributed by atoms with E-state index in [0.29, 0.717) is 35.0 Å². The fourth-order valence-electron chi connectivity index (χ4n) is 3.56. The van der Waals surface area contributed by atoms with Gasteiger partial charge in [0.25, 0.3) is 0 Å². The van der Waals surface area contributed by atoms with Crippen LogP contribution in [0, 0.1) is 17.1 Å². The van der Waals surface area contributed by atoms with Crippen molar-refractivity contribution in [3.63, 3.8) is 0 Å². The second-order valence-corrected chi connectivity index (χ2v) is 7.49. The van der Waals surface area contributed by atoms with Crippen LogP contribution in [-0.2, 0) is 6.54 Å². The van der Waals surface area contributed by atoms with Crippen LogP contribution in [0.3, 0.4) is 0 Å². The number of tetrazole rings is 1. The van der Waals surface area contributed by atoms with Gasteiger partial charge in [-0.05, 0) is 41.6 Å². The number of ether oxygens (including phenoxy) is 2. The molecule has 0 aliphatic heterocycles. The van der Waals surface area contributed by atoms with Gasteiger partial charge in [0.1, 0.15) is 47.5 Å². The first-order valence-corrected chi connectivity index (χ1v) is 10.3. The van der Waals surface area contributed by atoms with E-state index in [-0.39, 0.29) is 17.4 Å². The number of benzene rings is 1. The lowest BCUT2D eigenvalue weighted by molar-refractivity contribution is 0.185. The summed E-state index contributed by atoms with van der Waals surface area (Å²) in [4.78, 5) is 13.5. The van der Waals surface area contributed by atoms with Crippen LogP contribution in [-0.4, -0.2) is 52.9 Å². The molecule has 0 aliphatic carbocycles. The molecule has 0 spiro atoms. The van der Waals surface area contributed by atoms with Crippen molar-refractivity contribution in [3.8, 4) is 34.8 Å². The first kappa shape index (κ1) is 18.5. The molecule has 0 saturated carbocycles. The third-order valence-electron chi connectivity index (χ3n) is 5.07. The third-order valence-corrected chi connectivity index (χ3v) is 5.07. The number of pyridine rings is 2. The molecule has 0 saturated heterocycles. The van der Waals surface area contributed by atoms with Gasteiger partial charge in [-0.3, -0.25) is 4.57 Å². The van der Waals surface area contributed by atoms with Gasteiger partial charge in [0.15, 0.2) is 5.65 Å². The Bertz CT molecular complexity index is 1650. The molecule has 0 radical (unpaired) electrons. The number of nitrogens with zero attached hydrogens (tertiary/aromatic N) is 9. The van der Waals surface area contributed by atoms with Gasteiger partial charge >= 0.3 is 0 Å². The smallest absolute Gasteiger partial charge is 0.214 e. The van der Waals surface area contributed by atoms with E-state index in [4.69, 9.17) is 13.6 Å². The Morgan fingerprint density at radius 2 is 2.06 bits per heavy atom. The van der Waals surface area contributed by atoms with Crippen molar-refractivity contribution in [3.05, 3.63) is 66.5 Å². The summed E-state index contributed by atoms with van der Waals surface area (Å²) in [7, 11) is -2.87. The fraction of sp³-hybridized carbons (Fsp3) is 0.174. The lowest BCUT2D eigenvalue weighted by Gasteiger charge is -2.14. The number of hydrogen-bond acceptors (Lipinski definition) is 9. The molecule has 1 atom stereocenters. The van der Waals surface area contributed by atoms with Crippen molar-refractivity contribution >= 4 is 11.2 Å². The van der Waals surface area contributed by atoms with Crippen molar-refractivity contribution in [1.82, 2.24) is 39.7 Å². The van der Waals surface area contributed by atoms with Gasteiger partial charge in [0, 0.05) is 12.1 Å². The molecule has 0 N–H and O–H groups in total. The summed E-state index contributed by atoms with van der Waals surface area (Å²) in [6.45, 7) is 2.28. The van der Waals surface area contributed by atoms with Crippen LogP contribution in [0.15, 0.2) is 55.1 Å². The normalized spacial score (nSPS) is 13.5. The minimum atomic E-state index is -2.87. The molecule has 0 unspecified atom stereocenters. The first-order valence-electron chi connectivity index (χ1n) is 11.8. The Hall–Kier alpha value is -4.92. The van der Waals surface area contributed by atoms with Crippen molar-refractivity contribution in [2.75, 3.05) is 7.04 Å². The summed E-state index contributed by atoms with van der Waals surface area (Å²) in [5.74, 6) is -0.844. The van der Waals surface area contributed by atoms with E-state index < -0.39 is 18.6 Å². The van der Waals surface area contributed by atoms with Gasteiger partial charge in [-0.2, -0.15) is 5.26 Å². The second kappa shape index (κ2) is 9.14. The predicted molar refractivity (Wildman–Crippen MR) is 121 cm³/mol.